The van der Waals surface area contributed by atoms with Crippen LogP contribution in [0.15, 0.2) is 48.5 Å². The van der Waals surface area contributed by atoms with Crippen LogP contribution in [0.5, 0.6) is 0 Å². The van der Waals surface area contributed by atoms with Gasteiger partial charge in [-0.3, -0.25) is 0 Å². The molecule has 0 fully saturated rings. The number of anilines is 2. The highest BCUT2D eigenvalue weighted by molar-refractivity contribution is 7.22. The highest BCUT2D eigenvalue weighted by Gasteiger charge is 2.29. The van der Waals surface area contributed by atoms with Crippen molar-refractivity contribution < 1.29 is 13.2 Å². The van der Waals surface area contributed by atoms with Crippen LogP contribution in [0.4, 0.5) is 24.0 Å². The maximum absolute atomic E-state index is 12.5. The summed E-state index contributed by atoms with van der Waals surface area (Å²) in [6.45, 7) is 0. The fraction of sp³-hybridized carbons (Fsp3) is 0.0714. The number of nitrogens with zero attached hydrogens (tertiary/aromatic N) is 1. The van der Waals surface area contributed by atoms with E-state index < -0.39 is 11.7 Å². The second kappa shape index (κ2) is 4.79. The molecule has 0 aliphatic heterocycles. The molecule has 0 radical (unpaired) electrons. The third-order valence-electron chi connectivity index (χ3n) is 2.76. The lowest BCUT2D eigenvalue weighted by molar-refractivity contribution is -0.137. The van der Waals surface area contributed by atoms with Crippen molar-refractivity contribution in [1.82, 2.24) is 4.98 Å². The maximum Gasteiger partial charge on any atom is 0.416 e. The first-order valence-electron chi connectivity index (χ1n) is 5.82. The van der Waals surface area contributed by atoms with Crippen LogP contribution in [-0.4, -0.2) is 4.98 Å². The maximum atomic E-state index is 12.5. The van der Waals surface area contributed by atoms with Gasteiger partial charge < -0.3 is 5.32 Å². The Morgan fingerprint density at radius 1 is 0.950 bits per heavy atom. The van der Waals surface area contributed by atoms with E-state index in [1.54, 1.807) is 0 Å². The molecule has 2 aromatic carbocycles. The van der Waals surface area contributed by atoms with E-state index in [1.807, 2.05) is 24.3 Å². The van der Waals surface area contributed by atoms with Gasteiger partial charge in [0.05, 0.1) is 15.8 Å². The average Bonchev–Trinajstić information content (AvgIpc) is 2.80. The Labute approximate surface area is 116 Å². The Balaban J connectivity index is 1.84. The number of aromatic nitrogens is 1. The molecule has 0 saturated carbocycles. The second-order valence-electron chi connectivity index (χ2n) is 4.19. The van der Waals surface area contributed by atoms with Crippen molar-refractivity contribution in [2.45, 2.75) is 6.18 Å². The molecule has 0 aliphatic carbocycles. The smallest absolute Gasteiger partial charge is 0.332 e. The van der Waals surface area contributed by atoms with Crippen molar-refractivity contribution in [3.63, 3.8) is 0 Å². The zero-order valence-corrected chi connectivity index (χ0v) is 10.9. The highest BCUT2D eigenvalue weighted by Crippen LogP contribution is 2.31. The van der Waals surface area contributed by atoms with Crippen LogP contribution in [0.25, 0.3) is 10.2 Å². The molecule has 0 saturated heterocycles. The van der Waals surface area contributed by atoms with Gasteiger partial charge in [0.25, 0.3) is 0 Å². The number of alkyl halides is 3. The number of rotatable bonds is 2. The summed E-state index contributed by atoms with van der Waals surface area (Å²) >= 11 is 1.46. The minimum absolute atomic E-state index is 0.581. The lowest BCUT2D eigenvalue weighted by atomic mass is 10.2. The molecule has 0 aliphatic rings. The number of para-hydroxylation sites is 1. The molecule has 102 valence electrons. The minimum atomic E-state index is -4.31. The van der Waals surface area contributed by atoms with Gasteiger partial charge in [-0.1, -0.05) is 23.5 Å². The van der Waals surface area contributed by atoms with Gasteiger partial charge in [0.1, 0.15) is 0 Å². The molecule has 20 heavy (non-hydrogen) atoms. The van der Waals surface area contributed by atoms with Gasteiger partial charge in [-0.25, -0.2) is 4.98 Å². The zero-order valence-electron chi connectivity index (χ0n) is 10.1. The molecule has 0 unspecified atom stereocenters. The van der Waals surface area contributed by atoms with Gasteiger partial charge in [-0.2, -0.15) is 13.2 Å². The van der Waals surface area contributed by atoms with E-state index in [2.05, 4.69) is 10.3 Å². The first-order valence-corrected chi connectivity index (χ1v) is 6.64. The van der Waals surface area contributed by atoms with Gasteiger partial charge >= 0.3 is 6.18 Å². The molecule has 6 heteroatoms. The fourth-order valence-electron chi connectivity index (χ4n) is 1.79. The minimum Gasteiger partial charge on any atom is -0.332 e. The zero-order chi connectivity index (χ0) is 14.2. The fourth-order valence-corrected chi connectivity index (χ4v) is 2.68. The Morgan fingerprint density at radius 3 is 2.30 bits per heavy atom. The summed E-state index contributed by atoms with van der Waals surface area (Å²) in [5.74, 6) is 0. The van der Waals surface area contributed by atoms with Crippen LogP contribution in [0.3, 0.4) is 0 Å². The second-order valence-corrected chi connectivity index (χ2v) is 5.22. The largest absolute Gasteiger partial charge is 0.416 e. The van der Waals surface area contributed by atoms with Crippen molar-refractivity contribution in [2.24, 2.45) is 0 Å². The monoisotopic (exact) mass is 294 g/mol. The summed E-state index contributed by atoms with van der Waals surface area (Å²) in [5.41, 5.74) is 0.788. The third kappa shape index (κ3) is 2.60. The summed E-state index contributed by atoms with van der Waals surface area (Å²) < 4.78 is 38.4. The van der Waals surface area contributed by atoms with Crippen molar-refractivity contribution >= 4 is 32.4 Å². The number of hydrogen-bond acceptors (Lipinski definition) is 3. The predicted octanol–water partition coefficient (Wildman–Crippen LogP) is 5.06. The molecular weight excluding hydrogens is 285 g/mol. The van der Waals surface area contributed by atoms with E-state index in [1.165, 1.54) is 23.5 Å². The van der Waals surface area contributed by atoms with Crippen LogP contribution in [-0.2, 0) is 6.18 Å². The van der Waals surface area contributed by atoms with Crippen molar-refractivity contribution in [1.29, 1.82) is 0 Å². The standard InChI is InChI=1S/C14H9F3N2S/c15-14(16,17)9-5-7-10(8-6-9)18-13-19-11-3-1-2-4-12(11)20-13/h1-8H,(H,18,19). The molecule has 0 bridgehead atoms. The van der Waals surface area contributed by atoms with Gasteiger partial charge in [0.15, 0.2) is 5.13 Å². The van der Waals surface area contributed by atoms with E-state index in [0.717, 1.165) is 22.3 Å². The summed E-state index contributed by atoms with van der Waals surface area (Å²) in [5, 5.41) is 3.67. The summed E-state index contributed by atoms with van der Waals surface area (Å²) in [6.07, 6.45) is -4.31. The average molecular weight is 294 g/mol. The number of nitrogens with one attached hydrogen (secondary N) is 1. The van der Waals surface area contributed by atoms with Crippen LogP contribution in [0.2, 0.25) is 0 Å². The first-order chi connectivity index (χ1) is 9.52. The Kier molecular flexibility index (Phi) is 3.10. The summed E-state index contributed by atoms with van der Waals surface area (Å²) in [7, 11) is 0. The van der Waals surface area contributed by atoms with Gasteiger partial charge in [-0.15, -0.1) is 0 Å². The number of hydrogen-bond donors (Lipinski definition) is 1. The lowest BCUT2D eigenvalue weighted by Crippen LogP contribution is -2.04. The summed E-state index contributed by atoms with van der Waals surface area (Å²) in [4.78, 5) is 4.36. The van der Waals surface area contributed by atoms with Crippen LogP contribution < -0.4 is 5.32 Å². The van der Waals surface area contributed by atoms with Crippen molar-refractivity contribution in [2.75, 3.05) is 5.32 Å². The van der Waals surface area contributed by atoms with Crippen LogP contribution in [0, 0.1) is 0 Å². The van der Waals surface area contributed by atoms with Gasteiger partial charge in [-0.05, 0) is 36.4 Å². The molecule has 0 spiro atoms. The highest BCUT2D eigenvalue weighted by atomic mass is 32.1. The summed E-state index contributed by atoms with van der Waals surface area (Å²) in [6, 6.07) is 12.6. The number of thiazole rings is 1. The molecular formula is C14H9F3N2S. The quantitative estimate of drug-likeness (QED) is 0.714. The van der Waals surface area contributed by atoms with E-state index in [4.69, 9.17) is 0 Å². The van der Waals surface area contributed by atoms with E-state index in [-0.39, 0.29) is 0 Å². The molecule has 3 rings (SSSR count). The van der Waals surface area contributed by atoms with Crippen molar-refractivity contribution in [3.05, 3.63) is 54.1 Å². The normalized spacial score (nSPS) is 11.8. The first kappa shape index (κ1) is 12.9. The number of halogens is 3. The van der Waals surface area contributed by atoms with Gasteiger partial charge in [0.2, 0.25) is 0 Å². The van der Waals surface area contributed by atoms with Crippen molar-refractivity contribution in [3.8, 4) is 0 Å². The molecule has 0 amide bonds. The number of fused-ring (bicyclic) bond motifs is 1. The van der Waals surface area contributed by atoms with Crippen LogP contribution >= 0.6 is 11.3 Å². The van der Waals surface area contributed by atoms with E-state index >= 15 is 0 Å². The predicted molar refractivity (Wildman–Crippen MR) is 74.3 cm³/mol. The third-order valence-corrected chi connectivity index (χ3v) is 3.71. The molecule has 1 heterocycles. The molecule has 1 aromatic heterocycles. The lowest BCUT2D eigenvalue weighted by Gasteiger charge is -2.07. The molecule has 0 atom stereocenters. The Hall–Kier alpha value is -2.08. The Bertz CT molecular complexity index is 699. The molecule has 1 N–H and O–H groups in total. The Morgan fingerprint density at radius 2 is 1.65 bits per heavy atom. The van der Waals surface area contributed by atoms with Gasteiger partial charge in [0, 0.05) is 5.69 Å². The topological polar surface area (TPSA) is 24.9 Å². The van der Waals surface area contributed by atoms with E-state index in [0.29, 0.717) is 10.8 Å². The number of benzene rings is 2. The van der Waals surface area contributed by atoms with Crippen LogP contribution in [0.1, 0.15) is 5.56 Å². The molecule has 2 nitrogen and oxygen atoms in total. The molecule has 3 aromatic rings. The SMILES string of the molecule is FC(F)(F)c1ccc(Nc2nc3ccccc3s2)cc1. The van der Waals surface area contributed by atoms with E-state index in [9.17, 15) is 13.2 Å².